The quantitative estimate of drug-likeness (QED) is 0.289. The van der Waals surface area contributed by atoms with Gasteiger partial charge in [-0.15, -0.1) is 0 Å². The second-order valence-corrected chi connectivity index (χ2v) is 10.8. The molecule has 0 spiro atoms. The molecule has 0 radical (unpaired) electrons. The number of fused-ring (bicyclic) bond motifs is 1. The van der Waals surface area contributed by atoms with Crippen molar-refractivity contribution in [3.8, 4) is 11.6 Å². The predicted molar refractivity (Wildman–Crippen MR) is 154 cm³/mol. The Bertz CT molecular complexity index is 1660. The highest BCUT2D eigenvalue weighted by molar-refractivity contribution is 5.98. The number of ether oxygens (including phenoxy) is 1. The van der Waals surface area contributed by atoms with Crippen LogP contribution in [0.1, 0.15) is 30.9 Å². The molecule has 224 valence electrons. The van der Waals surface area contributed by atoms with Crippen LogP contribution in [0.2, 0.25) is 0 Å². The highest BCUT2D eigenvalue weighted by Gasteiger charge is 2.35. The maximum Gasteiger partial charge on any atom is 0.416 e. The molecule has 2 aliphatic rings. The summed E-state index contributed by atoms with van der Waals surface area (Å²) in [5, 5.41) is 5.82. The average molecular weight is 594 g/mol. The van der Waals surface area contributed by atoms with Crippen LogP contribution in [-0.2, 0) is 17.5 Å². The summed E-state index contributed by atoms with van der Waals surface area (Å²) in [5.74, 6) is 0.640. The number of carbonyl (C=O) groups excluding carboxylic acids is 2. The largest absolute Gasteiger partial charge is 0.439 e. The maximum atomic E-state index is 14.1. The number of nitrogens with zero attached hydrogens (tertiary/aromatic N) is 5. The van der Waals surface area contributed by atoms with Gasteiger partial charge in [-0.2, -0.15) is 13.2 Å². The molecule has 6 rings (SSSR count). The van der Waals surface area contributed by atoms with Gasteiger partial charge in [0.2, 0.25) is 11.8 Å². The fraction of sp³-hybridized carbons (Fsp3) is 0.333. The number of rotatable bonds is 7. The molecule has 1 aliphatic heterocycles. The Labute approximate surface area is 245 Å². The second kappa shape index (κ2) is 11.7. The molecule has 2 fully saturated rings. The summed E-state index contributed by atoms with van der Waals surface area (Å²) in [6.45, 7) is 4.78. The number of carbonyl (C=O) groups is 2. The highest BCUT2D eigenvalue weighted by Crippen LogP contribution is 2.35. The van der Waals surface area contributed by atoms with Crippen molar-refractivity contribution in [2.45, 2.75) is 38.5 Å². The highest BCUT2D eigenvalue weighted by atomic mass is 19.4. The van der Waals surface area contributed by atoms with E-state index in [2.05, 4.69) is 30.4 Å². The van der Waals surface area contributed by atoms with Crippen LogP contribution in [0.4, 0.5) is 29.5 Å². The minimum Gasteiger partial charge on any atom is -0.439 e. The molecular weight excluding hydrogens is 563 g/mol. The van der Waals surface area contributed by atoms with Gasteiger partial charge in [-0.05, 0) is 54.8 Å². The lowest BCUT2D eigenvalue weighted by molar-refractivity contribution is -0.138. The van der Waals surface area contributed by atoms with Gasteiger partial charge >= 0.3 is 12.2 Å². The summed E-state index contributed by atoms with van der Waals surface area (Å²) in [5.41, 5.74) is 0.0299. The van der Waals surface area contributed by atoms with Crippen molar-refractivity contribution in [1.82, 2.24) is 24.3 Å². The van der Waals surface area contributed by atoms with Crippen LogP contribution in [0, 0.1) is 0 Å². The number of piperazine rings is 1. The molecule has 2 aromatic heterocycles. The number of anilines is 2. The number of alkyl halides is 3. The fourth-order valence-electron chi connectivity index (χ4n) is 5.33. The van der Waals surface area contributed by atoms with E-state index in [1.807, 2.05) is 0 Å². The third-order valence-corrected chi connectivity index (χ3v) is 7.58. The van der Waals surface area contributed by atoms with Crippen molar-refractivity contribution in [3.63, 3.8) is 0 Å². The Hall–Kier alpha value is -4.49. The molecule has 0 atom stereocenters. The van der Waals surface area contributed by atoms with E-state index in [1.54, 1.807) is 24.3 Å². The van der Waals surface area contributed by atoms with E-state index < -0.39 is 17.8 Å². The summed E-state index contributed by atoms with van der Waals surface area (Å²) >= 11 is 0. The number of benzene rings is 2. The van der Waals surface area contributed by atoms with Gasteiger partial charge in [0.15, 0.2) is 0 Å². The Morgan fingerprint density at radius 1 is 0.977 bits per heavy atom. The molecule has 0 bridgehead atoms. The molecular formula is C30H30F3N7O3. The van der Waals surface area contributed by atoms with Gasteiger partial charge < -0.3 is 15.4 Å². The van der Waals surface area contributed by atoms with Crippen LogP contribution in [0.25, 0.3) is 10.9 Å². The minimum absolute atomic E-state index is 0.0557. The number of aromatic nitrogens is 3. The number of hydrogen-bond donors (Lipinski definition) is 2. The molecule has 2 amide bonds. The maximum absolute atomic E-state index is 14.1. The predicted octanol–water partition coefficient (Wildman–Crippen LogP) is 5.56. The summed E-state index contributed by atoms with van der Waals surface area (Å²) in [4.78, 5) is 36.9. The van der Waals surface area contributed by atoms with Crippen molar-refractivity contribution in [3.05, 3.63) is 72.2 Å². The summed E-state index contributed by atoms with van der Waals surface area (Å²) < 4.78 is 49.3. The molecule has 2 aromatic carbocycles. The third kappa shape index (κ3) is 6.78. The van der Waals surface area contributed by atoms with Crippen LogP contribution in [0.5, 0.6) is 11.6 Å². The van der Waals surface area contributed by atoms with E-state index in [-0.39, 0.29) is 35.4 Å². The van der Waals surface area contributed by atoms with E-state index in [0.29, 0.717) is 22.7 Å². The zero-order chi connectivity index (χ0) is 30.1. The van der Waals surface area contributed by atoms with Crippen molar-refractivity contribution in [1.29, 1.82) is 0 Å². The smallest absolute Gasteiger partial charge is 0.416 e. The van der Waals surface area contributed by atoms with Crippen LogP contribution < -0.4 is 15.4 Å². The van der Waals surface area contributed by atoms with Gasteiger partial charge in [-0.25, -0.2) is 14.8 Å². The van der Waals surface area contributed by atoms with Crippen LogP contribution in [0.3, 0.4) is 0 Å². The van der Waals surface area contributed by atoms with E-state index in [4.69, 9.17) is 4.74 Å². The Morgan fingerprint density at radius 3 is 2.49 bits per heavy atom. The van der Waals surface area contributed by atoms with E-state index >= 15 is 0 Å². The first-order valence-electron chi connectivity index (χ1n) is 14.0. The Balaban J connectivity index is 1.14. The Kier molecular flexibility index (Phi) is 7.75. The first-order valence-corrected chi connectivity index (χ1v) is 14.0. The Morgan fingerprint density at radius 2 is 1.77 bits per heavy atom. The lowest BCUT2D eigenvalue weighted by atomic mass is 10.0. The molecule has 1 saturated carbocycles. The van der Waals surface area contributed by atoms with Crippen LogP contribution in [-0.4, -0.2) is 68.5 Å². The number of hydrogen-bond acceptors (Lipinski definition) is 7. The van der Waals surface area contributed by atoms with Gasteiger partial charge in [0.25, 0.3) is 0 Å². The van der Waals surface area contributed by atoms with Crippen LogP contribution in [0.15, 0.2) is 61.1 Å². The van der Waals surface area contributed by atoms with Crippen LogP contribution >= 0.6 is 0 Å². The lowest BCUT2D eigenvalue weighted by Gasteiger charge is -2.35. The molecule has 0 unspecified atom stereocenters. The van der Waals surface area contributed by atoms with Crippen molar-refractivity contribution in [2.75, 3.05) is 36.8 Å². The number of nitrogens with one attached hydrogen (secondary N) is 2. The van der Waals surface area contributed by atoms with Crippen molar-refractivity contribution >= 4 is 34.3 Å². The van der Waals surface area contributed by atoms with Gasteiger partial charge in [0, 0.05) is 69.0 Å². The molecule has 2 N–H and O–H groups in total. The van der Waals surface area contributed by atoms with Gasteiger partial charge in [0.05, 0.1) is 11.1 Å². The minimum atomic E-state index is -4.56. The number of halogens is 3. The van der Waals surface area contributed by atoms with Crippen molar-refractivity contribution < 1.29 is 27.5 Å². The monoisotopic (exact) mass is 593 g/mol. The lowest BCUT2D eigenvalue weighted by Crippen LogP contribution is -2.46. The second-order valence-electron chi connectivity index (χ2n) is 10.8. The van der Waals surface area contributed by atoms with Gasteiger partial charge in [0.1, 0.15) is 17.9 Å². The molecule has 13 heteroatoms. The van der Waals surface area contributed by atoms with Gasteiger partial charge in [-0.3, -0.25) is 19.2 Å². The third-order valence-electron chi connectivity index (χ3n) is 7.58. The summed E-state index contributed by atoms with van der Waals surface area (Å²) in [6.07, 6.45) is 0.657. The zero-order valence-corrected chi connectivity index (χ0v) is 23.4. The van der Waals surface area contributed by atoms with Crippen molar-refractivity contribution in [2.24, 2.45) is 0 Å². The molecule has 1 aliphatic carbocycles. The number of amides is 2. The first kappa shape index (κ1) is 28.6. The molecule has 10 nitrogen and oxygen atoms in total. The zero-order valence-electron chi connectivity index (χ0n) is 23.4. The summed E-state index contributed by atoms with van der Waals surface area (Å²) in [7, 11) is 0. The molecule has 1 saturated heterocycles. The first-order chi connectivity index (χ1) is 20.6. The average Bonchev–Trinajstić information content (AvgIpc) is 3.72. The summed E-state index contributed by atoms with van der Waals surface area (Å²) in [6, 6.07) is 12.2. The molecule has 43 heavy (non-hydrogen) atoms. The van der Waals surface area contributed by atoms with E-state index in [0.717, 1.165) is 32.2 Å². The normalized spacial score (nSPS) is 16.3. The SMILES string of the molecule is CC(=O)Nc1cc(Oc2ccc3c(ccn3C(=O)Nc3ccc(CN4CCN(C5CC5)CC4)c(C(F)(F)F)c3)c2)ncn1. The van der Waals surface area contributed by atoms with E-state index in [1.165, 1.54) is 55.1 Å². The molecule has 4 aromatic rings. The van der Waals surface area contributed by atoms with E-state index in [9.17, 15) is 22.8 Å². The fourth-order valence-corrected chi connectivity index (χ4v) is 5.33. The standard InChI is InChI=1S/C30H30F3N7O3/c1-19(41)36-27-16-28(35-18-34-27)43-24-6-7-26-20(14-24)8-9-40(26)29(42)37-22-3-2-21(25(15-22)30(31,32)33)17-38-10-12-39(13-11-38)23-4-5-23/h2-3,6-9,14-16,18,23H,4-5,10-13,17H2,1H3,(H,37,42)(H,34,35,36,41). The molecule has 3 heterocycles. The topological polar surface area (TPSA) is 105 Å². The van der Waals surface area contributed by atoms with Gasteiger partial charge in [-0.1, -0.05) is 6.07 Å².